The second kappa shape index (κ2) is 5.57. The summed E-state index contributed by atoms with van der Waals surface area (Å²) in [5.74, 6) is 1.53. The summed E-state index contributed by atoms with van der Waals surface area (Å²) in [6, 6.07) is 4.27. The second-order valence-electron chi connectivity index (χ2n) is 5.19. The summed E-state index contributed by atoms with van der Waals surface area (Å²) in [5, 5.41) is 8.51. The van der Waals surface area contributed by atoms with Gasteiger partial charge in [0.1, 0.15) is 5.82 Å². The molecule has 0 radical (unpaired) electrons. The molecule has 0 unspecified atom stereocenters. The molecule has 0 fully saturated rings. The molecule has 2 N–H and O–H groups in total. The zero-order valence-electron chi connectivity index (χ0n) is 11.8. The SMILES string of the molecule is CNc1ncc(C)c(NCC(C)(C)c2cccs2)n1. The lowest BCUT2D eigenvalue weighted by atomic mass is 9.91. The van der Waals surface area contributed by atoms with Crippen LogP contribution in [0.2, 0.25) is 0 Å². The van der Waals surface area contributed by atoms with Gasteiger partial charge in [0.25, 0.3) is 0 Å². The van der Waals surface area contributed by atoms with E-state index in [4.69, 9.17) is 0 Å². The number of aromatic nitrogens is 2. The molecule has 4 nitrogen and oxygen atoms in total. The fourth-order valence-corrected chi connectivity index (χ4v) is 2.65. The minimum atomic E-state index is 0.0887. The van der Waals surface area contributed by atoms with Gasteiger partial charge >= 0.3 is 0 Å². The maximum atomic E-state index is 4.45. The zero-order chi connectivity index (χ0) is 13.9. The highest BCUT2D eigenvalue weighted by Gasteiger charge is 2.21. The van der Waals surface area contributed by atoms with E-state index in [-0.39, 0.29) is 5.41 Å². The maximum absolute atomic E-state index is 4.45. The van der Waals surface area contributed by atoms with Gasteiger partial charge in [0.2, 0.25) is 5.95 Å². The number of anilines is 2. The number of hydrogen-bond acceptors (Lipinski definition) is 5. The van der Waals surface area contributed by atoms with Gasteiger partial charge in [0.15, 0.2) is 0 Å². The standard InChI is InChI=1S/C14H20N4S/c1-10-8-16-13(15-4)18-12(10)17-9-14(2,3)11-6-5-7-19-11/h5-8H,9H2,1-4H3,(H2,15,16,17,18). The van der Waals surface area contributed by atoms with Crippen molar-refractivity contribution in [1.82, 2.24) is 9.97 Å². The molecule has 2 aromatic heterocycles. The molecule has 2 aromatic rings. The first kappa shape index (κ1) is 13.8. The second-order valence-corrected chi connectivity index (χ2v) is 6.14. The quantitative estimate of drug-likeness (QED) is 0.880. The first-order valence-corrected chi connectivity index (χ1v) is 7.20. The van der Waals surface area contributed by atoms with Crippen molar-refractivity contribution >= 4 is 23.1 Å². The van der Waals surface area contributed by atoms with Gasteiger partial charge in [-0.25, -0.2) is 4.98 Å². The van der Waals surface area contributed by atoms with Crippen LogP contribution in [0.5, 0.6) is 0 Å². The Bertz CT molecular complexity index is 534. The van der Waals surface area contributed by atoms with E-state index in [1.54, 1.807) is 11.3 Å². The van der Waals surface area contributed by atoms with Crippen LogP contribution >= 0.6 is 11.3 Å². The number of hydrogen-bond donors (Lipinski definition) is 2. The van der Waals surface area contributed by atoms with Crippen LogP contribution < -0.4 is 10.6 Å². The van der Waals surface area contributed by atoms with Gasteiger partial charge in [-0.05, 0) is 18.4 Å². The molecule has 2 rings (SSSR count). The van der Waals surface area contributed by atoms with E-state index < -0.39 is 0 Å². The molecule has 0 amide bonds. The van der Waals surface area contributed by atoms with E-state index >= 15 is 0 Å². The van der Waals surface area contributed by atoms with Crippen molar-refractivity contribution in [2.45, 2.75) is 26.2 Å². The van der Waals surface area contributed by atoms with E-state index in [0.717, 1.165) is 17.9 Å². The third-order valence-corrected chi connectivity index (χ3v) is 4.32. The number of aryl methyl sites for hydroxylation is 1. The van der Waals surface area contributed by atoms with Gasteiger partial charge in [-0.1, -0.05) is 19.9 Å². The van der Waals surface area contributed by atoms with Crippen LogP contribution in [0.4, 0.5) is 11.8 Å². The highest BCUT2D eigenvalue weighted by Crippen LogP contribution is 2.28. The highest BCUT2D eigenvalue weighted by atomic mass is 32.1. The molecule has 0 spiro atoms. The van der Waals surface area contributed by atoms with Crippen LogP contribution in [0, 0.1) is 6.92 Å². The first-order valence-electron chi connectivity index (χ1n) is 6.32. The Morgan fingerprint density at radius 2 is 2.16 bits per heavy atom. The molecule has 5 heteroatoms. The summed E-state index contributed by atoms with van der Waals surface area (Å²) in [6.45, 7) is 7.33. The van der Waals surface area contributed by atoms with E-state index in [2.05, 4.69) is 52.0 Å². The fraction of sp³-hybridized carbons (Fsp3) is 0.429. The molecule has 0 saturated carbocycles. The minimum Gasteiger partial charge on any atom is -0.369 e. The Morgan fingerprint density at radius 1 is 1.37 bits per heavy atom. The van der Waals surface area contributed by atoms with Gasteiger partial charge in [0, 0.05) is 35.6 Å². The Morgan fingerprint density at radius 3 is 2.79 bits per heavy atom. The Balaban J connectivity index is 2.10. The van der Waals surface area contributed by atoms with E-state index in [9.17, 15) is 0 Å². The molecule has 0 aliphatic carbocycles. The summed E-state index contributed by atoms with van der Waals surface area (Å²) < 4.78 is 0. The van der Waals surface area contributed by atoms with Gasteiger partial charge in [0.05, 0.1) is 0 Å². The number of rotatable bonds is 5. The lowest BCUT2D eigenvalue weighted by molar-refractivity contribution is 0.568. The summed E-state index contributed by atoms with van der Waals surface area (Å²) in [6.07, 6.45) is 1.83. The largest absolute Gasteiger partial charge is 0.369 e. The zero-order valence-corrected chi connectivity index (χ0v) is 12.6. The molecule has 0 aliphatic heterocycles. The van der Waals surface area contributed by atoms with Gasteiger partial charge < -0.3 is 10.6 Å². The fourth-order valence-electron chi connectivity index (χ4n) is 1.80. The highest BCUT2D eigenvalue weighted by molar-refractivity contribution is 7.10. The van der Waals surface area contributed by atoms with Crippen molar-refractivity contribution in [3.63, 3.8) is 0 Å². The van der Waals surface area contributed by atoms with Crippen molar-refractivity contribution < 1.29 is 0 Å². The van der Waals surface area contributed by atoms with Crippen LogP contribution in [0.1, 0.15) is 24.3 Å². The summed E-state index contributed by atoms with van der Waals surface area (Å²) in [4.78, 5) is 10.0. The van der Waals surface area contributed by atoms with E-state index in [1.165, 1.54) is 4.88 Å². The number of thiophene rings is 1. The van der Waals surface area contributed by atoms with Gasteiger partial charge in [-0.3, -0.25) is 0 Å². The molecular formula is C14H20N4S. The molecule has 19 heavy (non-hydrogen) atoms. The van der Waals surface area contributed by atoms with Crippen molar-refractivity contribution in [2.75, 3.05) is 24.2 Å². The molecular weight excluding hydrogens is 256 g/mol. The average Bonchev–Trinajstić information content (AvgIpc) is 2.92. The van der Waals surface area contributed by atoms with Crippen molar-refractivity contribution in [2.24, 2.45) is 0 Å². The predicted octanol–water partition coefficient (Wildman–Crippen LogP) is 3.28. The third-order valence-electron chi connectivity index (χ3n) is 3.08. The van der Waals surface area contributed by atoms with Crippen LogP contribution in [-0.4, -0.2) is 23.6 Å². The number of nitrogens with one attached hydrogen (secondary N) is 2. The predicted molar refractivity (Wildman–Crippen MR) is 82.2 cm³/mol. The van der Waals surface area contributed by atoms with Crippen LogP contribution in [0.15, 0.2) is 23.7 Å². The normalized spacial score (nSPS) is 11.4. The summed E-state index contributed by atoms with van der Waals surface area (Å²) in [7, 11) is 1.82. The maximum Gasteiger partial charge on any atom is 0.224 e. The minimum absolute atomic E-state index is 0.0887. The summed E-state index contributed by atoms with van der Waals surface area (Å²) >= 11 is 1.79. The Labute approximate surface area is 118 Å². The van der Waals surface area contributed by atoms with E-state index in [0.29, 0.717) is 5.95 Å². The molecule has 0 bridgehead atoms. The van der Waals surface area contributed by atoms with E-state index in [1.807, 2.05) is 20.2 Å². The molecule has 2 heterocycles. The third kappa shape index (κ3) is 3.23. The summed E-state index contributed by atoms with van der Waals surface area (Å²) in [5.41, 5.74) is 1.15. The van der Waals surface area contributed by atoms with Crippen molar-refractivity contribution in [3.05, 3.63) is 34.2 Å². The van der Waals surface area contributed by atoms with Crippen LogP contribution in [-0.2, 0) is 5.41 Å². The number of nitrogens with zero attached hydrogens (tertiary/aromatic N) is 2. The van der Waals surface area contributed by atoms with Crippen molar-refractivity contribution in [1.29, 1.82) is 0 Å². The Hall–Kier alpha value is -1.62. The monoisotopic (exact) mass is 276 g/mol. The van der Waals surface area contributed by atoms with Crippen LogP contribution in [0.3, 0.4) is 0 Å². The molecule has 0 aliphatic rings. The van der Waals surface area contributed by atoms with Gasteiger partial charge in [-0.15, -0.1) is 11.3 Å². The average molecular weight is 276 g/mol. The topological polar surface area (TPSA) is 49.8 Å². The van der Waals surface area contributed by atoms with Crippen molar-refractivity contribution in [3.8, 4) is 0 Å². The lowest BCUT2D eigenvalue weighted by Crippen LogP contribution is -2.27. The first-order chi connectivity index (χ1) is 9.03. The Kier molecular flexibility index (Phi) is 4.04. The lowest BCUT2D eigenvalue weighted by Gasteiger charge is -2.24. The molecule has 0 saturated heterocycles. The molecule has 102 valence electrons. The van der Waals surface area contributed by atoms with Crippen LogP contribution in [0.25, 0.3) is 0 Å². The molecule has 0 atom stereocenters. The smallest absolute Gasteiger partial charge is 0.224 e. The molecule has 0 aromatic carbocycles. The van der Waals surface area contributed by atoms with Gasteiger partial charge in [-0.2, -0.15) is 4.98 Å².